The van der Waals surface area contributed by atoms with Gasteiger partial charge in [0.05, 0.1) is 0 Å². The molecule has 0 saturated heterocycles. The van der Waals surface area contributed by atoms with E-state index in [1.54, 1.807) is 0 Å². The number of phenols is 1. The molecule has 1 aromatic carbocycles. The zero-order valence-electron chi connectivity index (χ0n) is 5.39. The van der Waals surface area contributed by atoms with Crippen LogP contribution in [0.3, 0.4) is 0 Å². The maximum absolute atomic E-state index is 9.98. The first-order valence-corrected chi connectivity index (χ1v) is 3.75. The van der Waals surface area contributed by atoms with Gasteiger partial charge in [-0.2, -0.15) is 0 Å². The first kappa shape index (κ1) is 8.03. The highest BCUT2D eigenvalue weighted by atomic mass is 32.2. The van der Waals surface area contributed by atoms with Gasteiger partial charge >= 0.3 is 0 Å². The summed E-state index contributed by atoms with van der Waals surface area (Å²) in [6.45, 7) is 0. The molecule has 0 aliphatic rings. The van der Waals surface area contributed by atoms with E-state index in [0.717, 1.165) is 0 Å². The fourth-order valence-corrected chi connectivity index (χ4v) is 0.875. The molecule has 0 amide bonds. The SMILES string of the molecule is O=S([O-])Oc1cccc(O)c1. The van der Waals surface area contributed by atoms with Crippen LogP contribution in [0.5, 0.6) is 11.5 Å². The quantitative estimate of drug-likeness (QED) is 0.663. The van der Waals surface area contributed by atoms with Crippen molar-refractivity contribution in [1.29, 1.82) is 0 Å². The van der Waals surface area contributed by atoms with E-state index >= 15 is 0 Å². The molecule has 1 aromatic rings. The Morgan fingerprint density at radius 2 is 2.27 bits per heavy atom. The van der Waals surface area contributed by atoms with Crippen LogP contribution in [-0.2, 0) is 11.4 Å². The summed E-state index contributed by atoms with van der Waals surface area (Å²) in [6, 6.07) is 5.53. The minimum absolute atomic E-state index is 0.0343. The zero-order valence-corrected chi connectivity index (χ0v) is 6.21. The van der Waals surface area contributed by atoms with E-state index in [1.807, 2.05) is 0 Å². The summed E-state index contributed by atoms with van der Waals surface area (Å²) in [6.07, 6.45) is 0. The topological polar surface area (TPSA) is 69.6 Å². The van der Waals surface area contributed by atoms with Gasteiger partial charge in [0.25, 0.3) is 0 Å². The second kappa shape index (κ2) is 3.36. The minimum atomic E-state index is -2.59. The maximum atomic E-state index is 9.98. The predicted molar refractivity (Wildman–Crippen MR) is 37.7 cm³/mol. The second-order valence-corrected chi connectivity index (χ2v) is 2.36. The number of hydrogen-bond donors (Lipinski definition) is 1. The molecular formula is C6H5O4S-. The molecule has 0 aromatic heterocycles. The second-order valence-electron chi connectivity index (χ2n) is 1.78. The van der Waals surface area contributed by atoms with E-state index in [1.165, 1.54) is 24.3 Å². The van der Waals surface area contributed by atoms with Crippen LogP contribution in [0.2, 0.25) is 0 Å². The molecule has 5 heteroatoms. The smallest absolute Gasteiger partial charge is 0.142 e. The Morgan fingerprint density at radius 1 is 1.55 bits per heavy atom. The van der Waals surface area contributed by atoms with E-state index in [4.69, 9.17) is 5.11 Å². The Morgan fingerprint density at radius 3 is 2.82 bits per heavy atom. The van der Waals surface area contributed by atoms with E-state index in [2.05, 4.69) is 4.18 Å². The van der Waals surface area contributed by atoms with Crippen LogP contribution >= 0.6 is 0 Å². The number of rotatable bonds is 2. The van der Waals surface area contributed by atoms with Crippen LogP contribution < -0.4 is 4.18 Å². The fraction of sp³-hybridized carbons (Fsp3) is 0. The van der Waals surface area contributed by atoms with Crippen LogP contribution in [0.4, 0.5) is 0 Å². The monoisotopic (exact) mass is 173 g/mol. The van der Waals surface area contributed by atoms with Crippen molar-refractivity contribution in [2.75, 3.05) is 0 Å². The Kier molecular flexibility index (Phi) is 2.45. The maximum Gasteiger partial charge on any atom is 0.142 e. The third kappa shape index (κ3) is 2.57. The molecule has 0 bridgehead atoms. The molecule has 60 valence electrons. The summed E-state index contributed by atoms with van der Waals surface area (Å²) in [4.78, 5) is 0. The van der Waals surface area contributed by atoms with Crippen LogP contribution in [-0.4, -0.2) is 13.9 Å². The van der Waals surface area contributed by atoms with Crippen molar-refractivity contribution in [3.63, 3.8) is 0 Å². The molecule has 1 rings (SSSR count). The number of benzene rings is 1. The van der Waals surface area contributed by atoms with Crippen molar-refractivity contribution in [2.45, 2.75) is 0 Å². The summed E-state index contributed by atoms with van der Waals surface area (Å²) >= 11 is -2.59. The number of aromatic hydroxyl groups is 1. The average molecular weight is 173 g/mol. The van der Waals surface area contributed by atoms with Crippen molar-refractivity contribution in [3.05, 3.63) is 24.3 Å². The average Bonchev–Trinajstić information content (AvgIpc) is 1.85. The van der Waals surface area contributed by atoms with Crippen molar-refractivity contribution < 1.29 is 18.1 Å². The lowest BCUT2D eigenvalue weighted by atomic mass is 10.3. The summed E-state index contributed by atoms with van der Waals surface area (Å²) in [7, 11) is 0. The van der Waals surface area contributed by atoms with Gasteiger partial charge in [-0.3, -0.25) is 0 Å². The normalized spacial score (nSPS) is 12.5. The molecule has 1 unspecified atom stereocenters. The molecule has 1 N–H and O–H groups in total. The third-order valence-electron chi connectivity index (χ3n) is 0.982. The molecule has 0 spiro atoms. The van der Waals surface area contributed by atoms with Crippen molar-refractivity contribution in [2.24, 2.45) is 0 Å². The lowest BCUT2D eigenvalue weighted by Crippen LogP contribution is -1.96. The highest BCUT2D eigenvalue weighted by molar-refractivity contribution is 7.74. The summed E-state index contributed by atoms with van der Waals surface area (Å²) < 4.78 is 24.2. The third-order valence-corrected chi connectivity index (χ3v) is 1.31. The largest absolute Gasteiger partial charge is 0.740 e. The first-order valence-electron chi connectivity index (χ1n) is 2.75. The zero-order chi connectivity index (χ0) is 8.27. The van der Waals surface area contributed by atoms with Gasteiger partial charge in [0.15, 0.2) is 0 Å². The van der Waals surface area contributed by atoms with Crippen LogP contribution in [0.1, 0.15) is 0 Å². The van der Waals surface area contributed by atoms with Gasteiger partial charge in [0, 0.05) is 6.07 Å². The van der Waals surface area contributed by atoms with Crippen LogP contribution in [0.25, 0.3) is 0 Å². The first-order chi connectivity index (χ1) is 5.18. The lowest BCUT2D eigenvalue weighted by molar-refractivity contribution is 0.435. The van der Waals surface area contributed by atoms with Crippen molar-refractivity contribution in [1.82, 2.24) is 0 Å². The molecule has 0 saturated carbocycles. The number of hydrogen-bond acceptors (Lipinski definition) is 4. The fourth-order valence-electron chi connectivity index (χ4n) is 0.614. The molecule has 0 aliphatic carbocycles. The molecule has 0 radical (unpaired) electrons. The van der Waals surface area contributed by atoms with Gasteiger partial charge in [0.1, 0.15) is 22.9 Å². The standard InChI is InChI=1S/C6H6O4S/c7-5-2-1-3-6(4-5)10-11(8)9/h1-4,7H,(H,8,9)/p-1. The predicted octanol–water partition coefficient (Wildman–Crippen LogP) is 0.565. The van der Waals surface area contributed by atoms with E-state index < -0.39 is 11.4 Å². The summed E-state index contributed by atoms with van der Waals surface area (Å²) in [5, 5.41) is 8.84. The molecule has 4 nitrogen and oxygen atoms in total. The van der Waals surface area contributed by atoms with Crippen molar-refractivity contribution >= 4 is 11.4 Å². The van der Waals surface area contributed by atoms with Gasteiger partial charge in [-0.1, -0.05) is 6.07 Å². The Labute approximate surface area is 65.9 Å². The number of phenolic OH excluding ortho intramolecular Hbond substituents is 1. The van der Waals surface area contributed by atoms with Gasteiger partial charge in [-0.25, -0.2) is 4.21 Å². The molecule has 1 atom stereocenters. The molecule has 11 heavy (non-hydrogen) atoms. The lowest BCUT2D eigenvalue weighted by Gasteiger charge is -2.06. The van der Waals surface area contributed by atoms with Gasteiger partial charge in [-0.15, -0.1) is 0 Å². The highest BCUT2D eigenvalue weighted by Gasteiger charge is 1.93. The van der Waals surface area contributed by atoms with Gasteiger partial charge < -0.3 is 13.8 Å². The minimum Gasteiger partial charge on any atom is -0.740 e. The molecule has 0 fully saturated rings. The van der Waals surface area contributed by atoms with E-state index in [0.29, 0.717) is 0 Å². The molecular weight excluding hydrogens is 168 g/mol. The Bertz CT molecular complexity index is 273. The molecule has 0 heterocycles. The highest BCUT2D eigenvalue weighted by Crippen LogP contribution is 2.17. The summed E-state index contributed by atoms with van der Waals surface area (Å²) in [5.74, 6) is 0.0614. The molecule has 0 aliphatic heterocycles. The van der Waals surface area contributed by atoms with Crippen LogP contribution in [0.15, 0.2) is 24.3 Å². The van der Waals surface area contributed by atoms with Gasteiger partial charge in [0.2, 0.25) is 0 Å². The van der Waals surface area contributed by atoms with Crippen LogP contribution in [0, 0.1) is 0 Å². The van der Waals surface area contributed by atoms with Crippen molar-refractivity contribution in [3.8, 4) is 11.5 Å². The Balaban J connectivity index is 2.79. The van der Waals surface area contributed by atoms with Gasteiger partial charge in [-0.05, 0) is 12.1 Å². The van der Waals surface area contributed by atoms with E-state index in [-0.39, 0.29) is 11.5 Å². The summed E-state index contributed by atoms with van der Waals surface area (Å²) in [5.41, 5.74) is 0. The Hall–Kier alpha value is -1.07. The van der Waals surface area contributed by atoms with E-state index in [9.17, 15) is 8.76 Å².